The van der Waals surface area contributed by atoms with Gasteiger partial charge in [-0.15, -0.1) is 0 Å². The molecule has 2 atom stereocenters. The van der Waals surface area contributed by atoms with Crippen LogP contribution in [0.2, 0.25) is 0 Å². The van der Waals surface area contributed by atoms with E-state index in [-0.39, 0.29) is 12.5 Å². The number of carbonyl (C=O) groups excluding carboxylic acids is 1. The maximum Gasteiger partial charge on any atom is 0.220 e. The van der Waals surface area contributed by atoms with Gasteiger partial charge in [0.25, 0.3) is 0 Å². The fourth-order valence-corrected chi connectivity index (χ4v) is 7.31. The second kappa shape index (κ2) is 44.3. The van der Waals surface area contributed by atoms with E-state index in [4.69, 9.17) is 0 Å². The first-order chi connectivity index (χ1) is 25.7. The number of aliphatic hydroxyl groups is 2. The van der Waals surface area contributed by atoms with E-state index < -0.39 is 12.1 Å². The van der Waals surface area contributed by atoms with E-state index in [1.54, 1.807) is 6.08 Å². The fraction of sp³-hybridized carbons (Fsp3) is 0.896. The van der Waals surface area contributed by atoms with Crippen molar-refractivity contribution in [1.29, 1.82) is 0 Å². The molecule has 4 nitrogen and oxygen atoms in total. The summed E-state index contributed by atoms with van der Waals surface area (Å²) in [5, 5.41) is 23.0. The number of amides is 1. The van der Waals surface area contributed by atoms with E-state index in [1.165, 1.54) is 205 Å². The molecule has 0 aromatic carbocycles. The van der Waals surface area contributed by atoms with Gasteiger partial charge in [0.2, 0.25) is 5.91 Å². The quantitative estimate of drug-likeness (QED) is 0.0432. The van der Waals surface area contributed by atoms with Crippen LogP contribution < -0.4 is 5.32 Å². The van der Waals surface area contributed by atoms with Gasteiger partial charge in [-0.05, 0) is 32.1 Å². The lowest BCUT2D eigenvalue weighted by atomic mass is 10.0. The summed E-state index contributed by atoms with van der Waals surface area (Å²) in [6, 6.07) is -0.634. The van der Waals surface area contributed by atoms with Crippen LogP contribution in [0.25, 0.3) is 0 Å². The van der Waals surface area contributed by atoms with Crippen molar-refractivity contribution in [3.05, 3.63) is 24.3 Å². The molecule has 3 N–H and O–H groups in total. The number of carbonyl (C=O) groups is 1. The van der Waals surface area contributed by atoms with Crippen molar-refractivity contribution < 1.29 is 15.0 Å². The maximum absolute atomic E-state index is 12.4. The average molecular weight is 732 g/mol. The van der Waals surface area contributed by atoms with E-state index in [1.807, 2.05) is 6.08 Å². The minimum absolute atomic E-state index is 0.0694. The van der Waals surface area contributed by atoms with Gasteiger partial charge in [0.15, 0.2) is 0 Å². The largest absolute Gasteiger partial charge is 0.394 e. The third-order valence-corrected chi connectivity index (χ3v) is 10.9. The number of hydrogen-bond donors (Lipinski definition) is 3. The zero-order valence-electron chi connectivity index (χ0n) is 35.3. The minimum Gasteiger partial charge on any atom is -0.394 e. The van der Waals surface area contributed by atoms with Crippen molar-refractivity contribution >= 4 is 5.91 Å². The van der Waals surface area contributed by atoms with Crippen LogP contribution in [0.3, 0.4) is 0 Å². The highest BCUT2D eigenvalue weighted by atomic mass is 16.3. The smallest absolute Gasteiger partial charge is 0.220 e. The summed E-state index contributed by atoms with van der Waals surface area (Å²) < 4.78 is 0. The van der Waals surface area contributed by atoms with Gasteiger partial charge in [-0.1, -0.05) is 244 Å². The monoisotopic (exact) mass is 732 g/mol. The Balaban J connectivity index is 3.56. The molecule has 0 radical (unpaired) electrons. The summed E-state index contributed by atoms with van der Waals surface area (Å²) in [6.07, 6.45) is 57.3. The van der Waals surface area contributed by atoms with E-state index >= 15 is 0 Å². The molecule has 52 heavy (non-hydrogen) atoms. The van der Waals surface area contributed by atoms with Crippen LogP contribution in [-0.2, 0) is 4.79 Å². The third kappa shape index (κ3) is 40.1. The van der Waals surface area contributed by atoms with Crippen LogP contribution in [0, 0.1) is 0 Å². The molecule has 1 amide bonds. The van der Waals surface area contributed by atoms with Crippen molar-refractivity contribution in [3.63, 3.8) is 0 Å². The van der Waals surface area contributed by atoms with Gasteiger partial charge in [-0.3, -0.25) is 4.79 Å². The zero-order chi connectivity index (χ0) is 37.8. The summed E-state index contributed by atoms with van der Waals surface area (Å²) in [7, 11) is 0. The normalized spacial score (nSPS) is 13.1. The van der Waals surface area contributed by atoms with Crippen molar-refractivity contribution in [1.82, 2.24) is 5.32 Å². The number of unbranched alkanes of at least 4 members (excludes halogenated alkanes) is 34. The van der Waals surface area contributed by atoms with E-state index in [0.29, 0.717) is 6.42 Å². The Kier molecular flexibility index (Phi) is 43.3. The fourth-order valence-electron chi connectivity index (χ4n) is 7.31. The van der Waals surface area contributed by atoms with Crippen LogP contribution >= 0.6 is 0 Å². The molecular weight excluding hydrogens is 639 g/mol. The molecule has 0 bridgehead atoms. The molecule has 0 fully saturated rings. The summed E-state index contributed by atoms with van der Waals surface area (Å²) in [5.74, 6) is -0.0694. The van der Waals surface area contributed by atoms with Crippen molar-refractivity contribution in [2.45, 2.75) is 270 Å². The van der Waals surface area contributed by atoms with Crippen LogP contribution in [0.1, 0.15) is 258 Å². The van der Waals surface area contributed by atoms with E-state index in [9.17, 15) is 15.0 Å². The Morgan fingerprint density at radius 2 is 0.750 bits per heavy atom. The zero-order valence-corrected chi connectivity index (χ0v) is 35.3. The van der Waals surface area contributed by atoms with Gasteiger partial charge in [-0.25, -0.2) is 0 Å². The predicted molar refractivity (Wildman–Crippen MR) is 230 cm³/mol. The molecule has 0 aromatic heterocycles. The minimum atomic E-state index is -0.858. The first-order valence-electron chi connectivity index (χ1n) is 23.6. The third-order valence-electron chi connectivity index (χ3n) is 10.9. The van der Waals surface area contributed by atoms with Gasteiger partial charge in [0.05, 0.1) is 18.8 Å². The highest BCUT2D eigenvalue weighted by molar-refractivity contribution is 5.76. The average Bonchev–Trinajstić information content (AvgIpc) is 3.15. The summed E-state index contributed by atoms with van der Waals surface area (Å²) in [4.78, 5) is 12.4. The first kappa shape index (κ1) is 50.9. The Hall–Kier alpha value is -1.13. The van der Waals surface area contributed by atoms with Crippen LogP contribution in [0.15, 0.2) is 24.3 Å². The molecule has 4 heteroatoms. The molecule has 0 saturated carbocycles. The number of hydrogen-bond acceptors (Lipinski definition) is 3. The highest BCUT2D eigenvalue weighted by Crippen LogP contribution is 2.16. The van der Waals surface area contributed by atoms with Crippen LogP contribution in [0.4, 0.5) is 0 Å². The molecule has 0 heterocycles. The van der Waals surface area contributed by atoms with Crippen LogP contribution in [-0.4, -0.2) is 34.9 Å². The SMILES string of the molecule is CCCCCCCCCCCCCCCCCC/C=C/CC/C=C/C(O)C(CO)NC(=O)CCCCCCCCCCCCCCCCCCCC. The second-order valence-electron chi connectivity index (χ2n) is 16.2. The van der Waals surface area contributed by atoms with Crippen molar-refractivity contribution in [2.75, 3.05) is 6.61 Å². The maximum atomic E-state index is 12.4. The van der Waals surface area contributed by atoms with Gasteiger partial charge < -0.3 is 15.5 Å². The molecule has 308 valence electrons. The lowest BCUT2D eigenvalue weighted by molar-refractivity contribution is -0.123. The number of rotatable bonds is 43. The molecule has 0 rings (SSSR count). The molecule has 0 aromatic rings. The number of nitrogens with one attached hydrogen (secondary N) is 1. The van der Waals surface area contributed by atoms with Crippen molar-refractivity contribution in [3.8, 4) is 0 Å². The second-order valence-corrected chi connectivity index (χ2v) is 16.2. The topological polar surface area (TPSA) is 69.6 Å². The summed E-state index contributed by atoms with van der Waals surface area (Å²) in [6.45, 7) is 4.32. The molecular formula is C48H93NO3. The van der Waals surface area contributed by atoms with Crippen LogP contribution in [0.5, 0.6) is 0 Å². The molecule has 2 unspecified atom stereocenters. The first-order valence-corrected chi connectivity index (χ1v) is 23.6. The molecule has 0 aliphatic rings. The molecule has 0 saturated heterocycles. The molecule has 0 spiro atoms. The van der Waals surface area contributed by atoms with Gasteiger partial charge in [-0.2, -0.15) is 0 Å². The Morgan fingerprint density at radius 1 is 0.442 bits per heavy atom. The van der Waals surface area contributed by atoms with E-state index in [0.717, 1.165) is 32.1 Å². The lowest BCUT2D eigenvalue weighted by Gasteiger charge is -2.19. The lowest BCUT2D eigenvalue weighted by Crippen LogP contribution is -2.45. The predicted octanol–water partition coefficient (Wildman–Crippen LogP) is 14.8. The standard InChI is InChI=1S/C48H93NO3/c1-3-5-7-9-11-13-15-17-19-21-23-24-25-26-27-29-31-33-35-37-39-41-43-47(51)46(45-50)49-48(52)44-42-40-38-36-34-32-30-28-22-20-18-16-14-12-10-8-6-4-2/h33,35,41,43,46-47,50-51H,3-32,34,36-40,42,44-45H2,1-2H3,(H,49,52)/b35-33+,43-41+. The highest BCUT2D eigenvalue weighted by Gasteiger charge is 2.17. The summed E-state index contributed by atoms with van der Waals surface area (Å²) >= 11 is 0. The van der Waals surface area contributed by atoms with Gasteiger partial charge in [0.1, 0.15) is 0 Å². The number of aliphatic hydroxyl groups excluding tert-OH is 2. The van der Waals surface area contributed by atoms with E-state index in [2.05, 4.69) is 31.3 Å². The number of allylic oxidation sites excluding steroid dienone is 3. The van der Waals surface area contributed by atoms with Gasteiger partial charge in [0, 0.05) is 6.42 Å². The van der Waals surface area contributed by atoms with Crippen molar-refractivity contribution in [2.24, 2.45) is 0 Å². The Morgan fingerprint density at radius 3 is 1.12 bits per heavy atom. The Labute approximate surface area is 326 Å². The molecule has 0 aliphatic heterocycles. The molecule has 0 aliphatic carbocycles. The Bertz CT molecular complexity index is 750. The van der Waals surface area contributed by atoms with Gasteiger partial charge >= 0.3 is 0 Å². The summed E-state index contributed by atoms with van der Waals surface area (Å²) in [5.41, 5.74) is 0.